The van der Waals surface area contributed by atoms with E-state index in [1.807, 2.05) is 30.5 Å². The molecule has 98 valence electrons. The molecule has 0 aliphatic heterocycles. The molecule has 0 spiro atoms. The third-order valence-electron chi connectivity index (χ3n) is 2.50. The van der Waals surface area contributed by atoms with Gasteiger partial charge >= 0.3 is 5.97 Å². The minimum atomic E-state index is -0.980. The van der Waals surface area contributed by atoms with Crippen molar-refractivity contribution in [3.05, 3.63) is 52.0 Å². The minimum Gasteiger partial charge on any atom is -0.486 e. The Kier molecular flexibility index (Phi) is 4.30. The summed E-state index contributed by atoms with van der Waals surface area (Å²) in [6.07, 6.45) is 2.64. The predicted molar refractivity (Wildman–Crippen MR) is 74.3 cm³/mol. The molecular weight excluding hydrogens is 262 g/mol. The van der Waals surface area contributed by atoms with Crippen LogP contribution in [0.2, 0.25) is 0 Å². The van der Waals surface area contributed by atoms with E-state index in [9.17, 15) is 4.79 Å². The summed E-state index contributed by atoms with van der Waals surface area (Å²) in [5, 5.41) is 10.6. The van der Waals surface area contributed by atoms with Crippen molar-refractivity contribution in [3.8, 4) is 5.75 Å². The molecule has 0 amide bonds. The van der Waals surface area contributed by atoms with Crippen LogP contribution in [-0.4, -0.2) is 16.1 Å². The maximum Gasteiger partial charge on any atom is 0.328 e. The molecule has 0 aliphatic rings. The molecule has 2 rings (SSSR count). The van der Waals surface area contributed by atoms with Gasteiger partial charge in [0.1, 0.15) is 12.4 Å². The van der Waals surface area contributed by atoms with Gasteiger partial charge in [-0.3, -0.25) is 0 Å². The molecule has 0 saturated heterocycles. The fourth-order valence-electron chi connectivity index (χ4n) is 1.62. The maximum absolute atomic E-state index is 10.6. The highest BCUT2D eigenvalue weighted by Crippen LogP contribution is 2.25. The largest absolute Gasteiger partial charge is 0.486 e. The van der Waals surface area contributed by atoms with Crippen LogP contribution in [0.1, 0.15) is 16.8 Å². The van der Waals surface area contributed by atoms with Gasteiger partial charge in [-0.25, -0.2) is 9.78 Å². The van der Waals surface area contributed by atoms with E-state index in [2.05, 4.69) is 4.98 Å². The minimum absolute atomic E-state index is 0.377. The van der Waals surface area contributed by atoms with E-state index < -0.39 is 5.97 Å². The smallest absolute Gasteiger partial charge is 0.328 e. The average molecular weight is 275 g/mol. The van der Waals surface area contributed by atoms with Gasteiger partial charge in [-0.05, 0) is 18.6 Å². The molecular formula is C14H13NO3S. The van der Waals surface area contributed by atoms with E-state index in [1.165, 1.54) is 17.4 Å². The molecule has 0 fully saturated rings. The van der Waals surface area contributed by atoms with Gasteiger partial charge in [-0.1, -0.05) is 18.2 Å². The lowest BCUT2D eigenvalue weighted by atomic mass is 10.1. The van der Waals surface area contributed by atoms with Crippen LogP contribution in [0, 0.1) is 6.92 Å². The number of aromatic nitrogens is 1. The van der Waals surface area contributed by atoms with Gasteiger partial charge in [-0.15, -0.1) is 11.3 Å². The zero-order chi connectivity index (χ0) is 13.7. The highest BCUT2D eigenvalue weighted by molar-refractivity contribution is 7.07. The highest BCUT2D eigenvalue weighted by atomic mass is 32.1. The molecule has 0 atom stereocenters. The molecule has 0 saturated carbocycles. The SMILES string of the molecule is Cc1cccc(/C=C/C(=O)O)c1OCc1cscn1. The number of nitrogens with zero attached hydrogens (tertiary/aromatic N) is 1. The first-order valence-electron chi connectivity index (χ1n) is 5.67. The molecule has 1 heterocycles. The topological polar surface area (TPSA) is 59.4 Å². The van der Waals surface area contributed by atoms with Crippen molar-refractivity contribution in [2.75, 3.05) is 0 Å². The Morgan fingerprint density at radius 1 is 1.53 bits per heavy atom. The van der Waals surface area contributed by atoms with Gasteiger partial charge in [0.05, 0.1) is 11.2 Å². The third kappa shape index (κ3) is 3.66. The second kappa shape index (κ2) is 6.15. The Bertz CT molecular complexity index is 591. The van der Waals surface area contributed by atoms with Gasteiger partial charge in [0, 0.05) is 17.0 Å². The Hall–Kier alpha value is -2.14. The fraction of sp³-hybridized carbons (Fsp3) is 0.143. The number of hydrogen-bond acceptors (Lipinski definition) is 4. The molecule has 0 aliphatic carbocycles. The van der Waals surface area contributed by atoms with Crippen LogP contribution in [0.5, 0.6) is 5.75 Å². The molecule has 0 radical (unpaired) electrons. The number of rotatable bonds is 5. The van der Waals surface area contributed by atoms with Gasteiger partial charge in [0.15, 0.2) is 0 Å². The predicted octanol–water partition coefficient (Wildman–Crippen LogP) is 3.13. The number of para-hydroxylation sites is 1. The summed E-state index contributed by atoms with van der Waals surface area (Å²) in [6, 6.07) is 5.61. The summed E-state index contributed by atoms with van der Waals surface area (Å²) in [4.78, 5) is 14.7. The average Bonchev–Trinajstić information content (AvgIpc) is 2.88. The number of hydrogen-bond donors (Lipinski definition) is 1. The van der Waals surface area contributed by atoms with Crippen LogP contribution in [-0.2, 0) is 11.4 Å². The second-order valence-corrected chi connectivity index (χ2v) is 4.65. The van der Waals surface area contributed by atoms with Gasteiger partial charge in [0.2, 0.25) is 0 Å². The standard InChI is InChI=1S/C14H13NO3S/c1-10-3-2-4-11(5-6-13(16)17)14(10)18-7-12-8-19-9-15-12/h2-6,8-9H,7H2,1H3,(H,16,17)/b6-5+. The van der Waals surface area contributed by atoms with Crippen LogP contribution in [0.4, 0.5) is 0 Å². The number of aryl methyl sites for hydroxylation is 1. The Morgan fingerprint density at radius 3 is 3.05 bits per heavy atom. The molecule has 1 aromatic heterocycles. The lowest BCUT2D eigenvalue weighted by molar-refractivity contribution is -0.131. The van der Waals surface area contributed by atoms with E-state index >= 15 is 0 Å². The van der Waals surface area contributed by atoms with E-state index in [0.29, 0.717) is 12.4 Å². The second-order valence-electron chi connectivity index (χ2n) is 3.93. The number of carbonyl (C=O) groups is 1. The van der Waals surface area contributed by atoms with Crippen molar-refractivity contribution in [2.45, 2.75) is 13.5 Å². The molecule has 1 aromatic carbocycles. The first-order valence-corrected chi connectivity index (χ1v) is 6.61. The molecule has 0 bridgehead atoms. The van der Waals surface area contributed by atoms with E-state index in [1.54, 1.807) is 5.51 Å². The van der Waals surface area contributed by atoms with E-state index in [0.717, 1.165) is 22.9 Å². The molecule has 5 heteroatoms. The summed E-state index contributed by atoms with van der Waals surface area (Å²) in [6.45, 7) is 2.30. The van der Waals surface area contributed by atoms with Crippen molar-refractivity contribution < 1.29 is 14.6 Å². The summed E-state index contributed by atoms with van der Waals surface area (Å²) in [7, 11) is 0. The summed E-state index contributed by atoms with van der Waals surface area (Å²) < 4.78 is 5.74. The van der Waals surface area contributed by atoms with Crippen molar-refractivity contribution in [3.63, 3.8) is 0 Å². The normalized spacial score (nSPS) is 10.8. The van der Waals surface area contributed by atoms with Crippen LogP contribution < -0.4 is 4.74 Å². The Labute approximate surface area is 115 Å². The van der Waals surface area contributed by atoms with Crippen molar-refractivity contribution >= 4 is 23.4 Å². The van der Waals surface area contributed by atoms with Gasteiger partial charge in [-0.2, -0.15) is 0 Å². The van der Waals surface area contributed by atoms with Gasteiger partial charge < -0.3 is 9.84 Å². The van der Waals surface area contributed by atoms with Crippen LogP contribution in [0.3, 0.4) is 0 Å². The molecule has 0 unspecified atom stereocenters. The van der Waals surface area contributed by atoms with E-state index in [4.69, 9.17) is 9.84 Å². The van der Waals surface area contributed by atoms with Crippen molar-refractivity contribution in [1.82, 2.24) is 4.98 Å². The number of carboxylic acid groups (broad SMARTS) is 1. The molecule has 1 N–H and O–H groups in total. The number of carboxylic acids is 1. The van der Waals surface area contributed by atoms with Crippen molar-refractivity contribution in [1.29, 1.82) is 0 Å². The van der Waals surface area contributed by atoms with Crippen LogP contribution in [0.15, 0.2) is 35.2 Å². The quantitative estimate of drug-likeness (QED) is 0.852. The zero-order valence-electron chi connectivity index (χ0n) is 10.4. The van der Waals surface area contributed by atoms with Gasteiger partial charge in [0.25, 0.3) is 0 Å². The molecule has 19 heavy (non-hydrogen) atoms. The van der Waals surface area contributed by atoms with Crippen molar-refractivity contribution in [2.24, 2.45) is 0 Å². The number of benzene rings is 1. The monoisotopic (exact) mass is 275 g/mol. The first kappa shape index (κ1) is 13.3. The zero-order valence-corrected chi connectivity index (χ0v) is 11.2. The highest BCUT2D eigenvalue weighted by Gasteiger charge is 2.06. The molecule has 2 aromatic rings. The third-order valence-corrected chi connectivity index (χ3v) is 3.13. The Balaban J connectivity index is 2.20. The summed E-state index contributed by atoms with van der Waals surface area (Å²) in [5.74, 6) is -0.292. The Morgan fingerprint density at radius 2 is 2.37 bits per heavy atom. The lowest BCUT2D eigenvalue weighted by Gasteiger charge is -2.11. The molecule has 4 nitrogen and oxygen atoms in total. The maximum atomic E-state index is 10.6. The van der Waals surface area contributed by atoms with Crippen LogP contribution >= 0.6 is 11.3 Å². The lowest BCUT2D eigenvalue weighted by Crippen LogP contribution is -1.99. The summed E-state index contributed by atoms with van der Waals surface area (Å²) in [5.41, 5.74) is 4.32. The fourth-order valence-corrected chi connectivity index (χ4v) is 2.16. The number of ether oxygens (including phenoxy) is 1. The number of thiazole rings is 1. The van der Waals surface area contributed by atoms with Crippen LogP contribution in [0.25, 0.3) is 6.08 Å². The number of aliphatic carboxylic acids is 1. The summed E-state index contributed by atoms with van der Waals surface area (Å²) >= 11 is 1.51. The first-order chi connectivity index (χ1) is 9.16. The van der Waals surface area contributed by atoms with E-state index in [-0.39, 0.29) is 0 Å².